The van der Waals surface area contributed by atoms with Crippen LogP contribution in [-0.2, 0) is 4.79 Å². The predicted molar refractivity (Wildman–Crippen MR) is 119 cm³/mol. The zero-order valence-electron chi connectivity index (χ0n) is 19.1. The van der Waals surface area contributed by atoms with Gasteiger partial charge in [0.1, 0.15) is 0 Å². The molecule has 0 bridgehead atoms. The first-order chi connectivity index (χ1) is 13.5. The van der Waals surface area contributed by atoms with Crippen molar-refractivity contribution in [3.8, 4) is 0 Å². The lowest BCUT2D eigenvalue weighted by Gasteiger charge is -2.53. The van der Waals surface area contributed by atoms with E-state index in [1.54, 1.807) is 5.57 Å². The molecule has 2 saturated carbocycles. The van der Waals surface area contributed by atoms with Crippen LogP contribution < -0.4 is 0 Å². The highest BCUT2D eigenvalue weighted by molar-refractivity contribution is 5.93. The molecule has 2 fully saturated rings. The van der Waals surface area contributed by atoms with Crippen LogP contribution in [0.15, 0.2) is 35.5 Å². The number of rotatable bonds is 5. The molecule has 0 spiro atoms. The second kappa shape index (κ2) is 7.22. The highest BCUT2D eigenvalue weighted by Crippen LogP contribution is 2.65. The van der Waals surface area contributed by atoms with Crippen LogP contribution in [0.25, 0.3) is 0 Å². The van der Waals surface area contributed by atoms with E-state index in [4.69, 9.17) is 0 Å². The number of ketones is 1. The Labute approximate surface area is 177 Å². The van der Waals surface area contributed by atoms with Crippen molar-refractivity contribution in [1.29, 1.82) is 0 Å². The Balaban J connectivity index is 1.53. The number of carbonyl (C=O) groups is 1. The summed E-state index contributed by atoms with van der Waals surface area (Å²) in [5.74, 6) is 3.05. The SMILES string of the molecule is C[C@H](CCCC(C)(C)O)[C@H]1CC[C@H]2C3=CC=C4CC(=O)C=C[C@]4(C)C3CC[C@]12C. The van der Waals surface area contributed by atoms with E-state index in [1.165, 1.54) is 37.7 Å². The summed E-state index contributed by atoms with van der Waals surface area (Å²) in [7, 11) is 0. The van der Waals surface area contributed by atoms with Crippen LogP contribution in [0.1, 0.15) is 86.0 Å². The van der Waals surface area contributed by atoms with Crippen LogP contribution >= 0.6 is 0 Å². The number of hydrogen-bond acceptors (Lipinski definition) is 2. The van der Waals surface area contributed by atoms with Crippen molar-refractivity contribution in [1.82, 2.24) is 0 Å². The van der Waals surface area contributed by atoms with Crippen molar-refractivity contribution in [3.05, 3.63) is 35.5 Å². The van der Waals surface area contributed by atoms with Gasteiger partial charge >= 0.3 is 0 Å². The Morgan fingerprint density at radius 2 is 1.93 bits per heavy atom. The minimum absolute atomic E-state index is 0.0513. The molecule has 4 aliphatic carbocycles. The van der Waals surface area contributed by atoms with Gasteiger partial charge in [0.25, 0.3) is 0 Å². The summed E-state index contributed by atoms with van der Waals surface area (Å²) in [6.07, 6.45) is 17.8. The van der Waals surface area contributed by atoms with Gasteiger partial charge in [-0.2, -0.15) is 0 Å². The van der Waals surface area contributed by atoms with E-state index in [0.717, 1.165) is 24.7 Å². The summed E-state index contributed by atoms with van der Waals surface area (Å²) >= 11 is 0. The molecule has 0 radical (unpaired) electrons. The van der Waals surface area contributed by atoms with E-state index in [-0.39, 0.29) is 11.2 Å². The van der Waals surface area contributed by atoms with Crippen molar-refractivity contribution in [2.24, 2.45) is 34.5 Å². The molecule has 4 aliphatic rings. The fourth-order valence-corrected chi connectivity index (χ4v) is 7.49. The Bertz CT molecular complexity index is 764. The van der Waals surface area contributed by atoms with Gasteiger partial charge in [0.05, 0.1) is 5.60 Å². The second-order valence-corrected chi connectivity index (χ2v) is 11.6. The van der Waals surface area contributed by atoms with Gasteiger partial charge < -0.3 is 5.11 Å². The average molecular weight is 397 g/mol. The van der Waals surface area contributed by atoms with E-state index in [2.05, 4.69) is 39.0 Å². The maximum Gasteiger partial charge on any atom is 0.159 e. The molecule has 0 amide bonds. The van der Waals surface area contributed by atoms with Gasteiger partial charge in [0, 0.05) is 11.8 Å². The predicted octanol–water partition coefficient (Wildman–Crippen LogP) is 6.41. The zero-order valence-corrected chi connectivity index (χ0v) is 19.1. The smallest absolute Gasteiger partial charge is 0.159 e. The molecule has 29 heavy (non-hydrogen) atoms. The number of allylic oxidation sites excluding steroid dienone is 6. The van der Waals surface area contributed by atoms with Crippen LogP contribution in [0, 0.1) is 34.5 Å². The molecule has 0 aromatic heterocycles. The lowest BCUT2D eigenvalue weighted by atomic mass is 9.51. The lowest BCUT2D eigenvalue weighted by Crippen LogP contribution is -2.45. The van der Waals surface area contributed by atoms with Crippen LogP contribution in [-0.4, -0.2) is 16.5 Å². The minimum atomic E-state index is -0.540. The Morgan fingerprint density at radius 3 is 2.66 bits per heavy atom. The third-order valence-electron chi connectivity index (χ3n) is 9.19. The normalized spacial score (nSPS) is 39.9. The summed E-state index contributed by atoms with van der Waals surface area (Å²) < 4.78 is 0. The van der Waals surface area contributed by atoms with Gasteiger partial charge in [-0.05, 0) is 81.1 Å². The number of carbonyl (C=O) groups excluding carboxylic acids is 1. The maximum absolute atomic E-state index is 12.0. The molecule has 1 N–H and O–H groups in total. The standard InChI is InChI=1S/C27H40O2/c1-18(7-6-14-25(2,3)29)22-10-11-23-21-9-8-19-17-20(28)12-15-26(19,4)24(21)13-16-27(22,23)5/h8-9,12,15,18,22-24,29H,6-7,10-11,13-14,16-17H2,1-5H3/t18-,22-,23+,24?,26+,27-/m1/s1. The van der Waals surface area contributed by atoms with Gasteiger partial charge in [-0.1, -0.05) is 63.0 Å². The molecule has 0 aromatic carbocycles. The first kappa shape index (κ1) is 21.1. The molecule has 4 rings (SSSR count). The van der Waals surface area contributed by atoms with Gasteiger partial charge in [-0.3, -0.25) is 4.79 Å². The molecule has 0 saturated heterocycles. The van der Waals surface area contributed by atoms with Crippen LogP contribution in [0.4, 0.5) is 0 Å². The topological polar surface area (TPSA) is 37.3 Å². The average Bonchev–Trinajstić information content (AvgIpc) is 2.98. The van der Waals surface area contributed by atoms with Gasteiger partial charge in [0.15, 0.2) is 5.78 Å². The van der Waals surface area contributed by atoms with Gasteiger partial charge in [0.2, 0.25) is 0 Å². The zero-order chi connectivity index (χ0) is 21.0. The van der Waals surface area contributed by atoms with E-state index in [1.807, 2.05) is 19.9 Å². The fraction of sp³-hybridized carbons (Fsp3) is 0.741. The van der Waals surface area contributed by atoms with Crippen LogP contribution in [0.3, 0.4) is 0 Å². The van der Waals surface area contributed by atoms with E-state index in [9.17, 15) is 9.90 Å². The molecule has 1 unspecified atom stereocenters. The first-order valence-electron chi connectivity index (χ1n) is 11.9. The molecule has 2 heteroatoms. The van der Waals surface area contributed by atoms with Crippen LogP contribution in [0.5, 0.6) is 0 Å². The Kier molecular flexibility index (Phi) is 5.25. The Hall–Kier alpha value is -1.15. The summed E-state index contributed by atoms with van der Waals surface area (Å²) in [5.41, 5.74) is 2.93. The quantitative estimate of drug-likeness (QED) is 0.583. The molecular formula is C27H40O2. The molecule has 0 heterocycles. The van der Waals surface area contributed by atoms with Crippen LogP contribution in [0.2, 0.25) is 0 Å². The first-order valence-corrected chi connectivity index (χ1v) is 11.9. The largest absolute Gasteiger partial charge is 0.390 e. The summed E-state index contributed by atoms with van der Waals surface area (Å²) in [6.45, 7) is 11.3. The van der Waals surface area contributed by atoms with Gasteiger partial charge in [-0.25, -0.2) is 0 Å². The molecule has 0 aromatic rings. The Morgan fingerprint density at radius 1 is 1.17 bits per heavy atom. The molecule has 160 valence electrons. The molecule has 0 aliphatic heterocycles. The van der Waals surface area contributed by atoms with Crippen molar-refractivity contribution in [2.45, 2.75) is 91.6 Å². The summed E-state index contributed by atoms with van der Waals surface area (Å²) in [4.78, 5) is 12.0. The molecule has 2 nitrogen and oxygen atoms in total. The van der Waals surface area contributed by atoms with Crippen molar-refractivity contribution in [3.63, 3.8) is 0 Å². The third-order valence-corrected chi connectivity index (χ3v) is 9.19. The number of fused-ring (bicyclic) bond motifs is 5. The third kappa shape index (κ3) is 3.60. The van der Waals surface area contributed by atoms with Crippen molar-refractivity contribution in [2.75, 3.05) is 0 Å². The fourth-order valence-electron chi connectivity index (χ4n) is 7.49. The van der Waals surface area contributed by atoms with E-state index < -0.39 is 5.60 Å². The maximum atomic E-state index is 12.0. The highest BCUT2D eigenvalue weighted by atomic mass is 16.3. The van der Waals surface area contributed by atoms with E-state index >= 15 is 0 Å². The lowest BCUT2D eigenvalue weighted by molar-refractivity contribution is -0.114. The van der Waals surface area contributed by atoms with Gasteiger partial charge in [-0.15, -0.1) is 0 Å². The monoisotopic (exact) mass is 396 g/mol. The second-order valence-electron chi connectivity index (χ2n) is 11.6. The number of hydrogen-bond donors (Lipinski definition) is 1. The van der Waals surface area contributed by atoms with Crippen molar-refractivity contribution < 1.29 is 9.90 Å². The van der Waals surface area contributed by atoms with E-state index in [0.29, 0.717) is 23.7 Å². The van der Waals surface area contributed by atoms with Crippen molar-refractivity contribution >= 4 is 5.78 Å². The minimum Gasteiger partial charge on any atom is -0.390 e. The highest BCUT2D eigenvalue weighted by Gasteiger charge is 2.56. The summed E-state index contributed by atoms with van der Waals surface area (Å²) in [6, 6.07) is 0. The summed E-state index contributed by atoms with van der Waals surface area (Å²) in [5, 5.41) is 10.1. The molecular weight excluding hydrogens is 356 g/mol. The number of aliphatic hydroxyl groups is 1. The molecule has 6 atom stereocenters.